The van der Waals surface area contributed by atoms with Gasteiger partial charge < -0.3 is 4.74 Å². The van der Waals surface area contributed by atoms with E-state index in [1.165, 1.54) is 7.11 Å². The molecule has 0 saturated heterocycles. The highest BCUT2D eigenvalue weighted by Crippen LogP contribution is 2.40. The Labute approximate surface area is 285 Å². The third-order valence-electron chi connectivity index (χ3n) is 9.01. The fourth-order valence-corrected chi connectivity index (χ4v) is 6.71. The van der Waals surface area contributed by atoms with Crippen molar-refractivity contribution in [2.24, 2.45) is 0 Å². The predicted molar refractivity (Wildman–Crippen MR) is 190 cm³/mol. The molecule has 7 rings (SSSR count). The topological polar surface area (TPSA) is 87.7 Å². The molecule has 49 heavy (non-hydrogen) atoms. The van der Waals surface area contributed by atoms with Crippen LogP contribution in [0.2, 0.25) is 0 Å². The van der Waals surface area contributed by atoms with E-state index in [-0.39, 0.29) is 5.97 Å². The van der Waals surface area contributed by atoms with E-state index >= 15 is 0 Å². The van der Waals surface area contributed by atoms with Gasteiger partial charge in [-0.2, -0.15) is 5.10 Å². The average molecular weight is 645 g/mol. The van der Waals surface area contributed by atoms with Crippen LogP contribution in [-0.4, -0.2) is 43.1 Å². The summed E-state index contributed by atoms with van der Waals surface area (Å²) in [5.74, 6) is 0.158. The molecule has 0 radical (unpaired) electrons. The molecule has 2 aromatic heterocycles. The minimum atomic E-state index is -0.863. The van der Waals surface area contributed by atoms with Crippen molar-refractivity contribution in [1.82, 2.24) is 30.0 Å². The summed E-state index contributed by atoms with van der Waals surface area (Å²) in [5, 5.41) is 19.2. The summed E-state index contributed by atoms with van der Waals surface area (Å²) in [6, 6.07) is 47.5. The number of methoxy groups -OCH3 is 1. The van der Waals surface area contributed by atoms with E-state index in [2.05, 4.69) is 71.8 Å². The Morgan fingerprint density at radius 3 is 1.76 bits per heavy atom. The van der Waals surface area contributed by atoms with Gasteiger partial charge in [0.05, 0.1) is 18.5 Å². The molecule has 7 aromatic rings. The number of ether oxygens (including phenoxy) is 1. The number of aryl methyl sites for hydroxylation is 2. The quantitative estimate of drug-likeness (QED) is 0.112. The molecule has 5 aromatic carbocycles. The van der Waals surface area contributed by atoms with Crippen LogP contribution in [0.15, 0.2) is 140 Å². The van der Waals surface area contributed by atoms with Gasteiger partial charge in [0.25, 0.3) is 0 Å². The van der Waals surface area contributed by atoms with Crippen LogP contribution in [0.25, 0.3) is 22.5 Å². The SMILES string of the molecule is CCn1nc(C)c(C(=O)OC)c1Cc1ccc(-c2ccccc2-c2nnn(C(c3ccccc3)(c3ccccc3)c3ccccc3)n2)cc1. The van der Waals surface area contributed by atoms with Gasteiger partial charge >= 0.3 is 5.97 Å². The zero-order valence-electron chi connectivity index (χ0n) is 27.7. The first-order chi connectivity index (χ1) is 24.0. The predicted octanol–water partition coefficient (Wildman–Crippen LogP) is 7.75. The lowest BCUT2D eigenvalue weighted by Gasteiger charge is -2.34. The molecule has 0 bridgehead atoms. The highest BCUT2D eigenvalue weighted by molar-refractivity contribution is 5.92. The molecule has 0 fully saturated rings. The fourth-order valence-electron chi connectivity index (χ4n) is 6.71. The Morgan fingerprint density at radius 1 is 0.694 bits per heavy atom. The molecule has 242 valence electrons. The minimum Gasteiger partial charge on any atom is -0.465 e. The van der Waals surface area contributed by atoms with Crippen molar-refractivity contribution in [1.29, 1.82) is 0 Å². The van der Waals surface area contributed by atoms with Crippen molar-refractivity contribution in [3.63, 3.8) is 0 Å². The molecule has 0 spiro atoms. The molecular formula is C41H36N6O2. The average Bonchev–Trinajstić information content (AvgIpc) is 3.78. The maximum atomic E-state index is 12.6. The Kier molecular flexibility index (Phi) is 8.68. The number of tetrazole rings is 1. The van der Waals surface area contributed by atoms with E-state index in [0.29, 0.717) is 30.0 Å². The molecule has 8 nitrogen and oxygen atoms in total. The van der Waals surface area contributed by atoms with Crippen LogP contribution in [-0.2, 0) is 23.2 Å². The van der Waals surface area contributed by atoms with E-state index in [4.69, 9.17) is 20.1 Å². The number of benzene rings is 5. The summed E-state index contributed by atoms with van der Waals surface area (Å²) in [6.07, 6.45) is 0.553. The maximum absolute atomic E-state index is 12.6. The molecule has 0 N–H and O–H groups in total. The van der Waals surface area contributed by atoms with E-state index in [1.807, 2.05) is 91.3 Å². The summed E-state index contributed by atoms with van der Waals surface area (Å²) in [5.41, 5.74) is 8.20. The van der Waals surface area contributed by atoms with Gasteiger partial charge in [0.15, 0.2) is 5.54 Å². The number of hydrogen-bond donors (Lipinski definition) is 0. The summed E-state index contributed by atoms with van der Waals surface area (Å²) in [4.78, 5) is 14.3. The first-order valence-electron chi connectivity index (χ1n) is 16.3. The molecule has 0 amide bonds. The molecule has 0 saturated carbocycles. The Morgan fingerprint density at radius 2 is 1.22 bits per heavy atom. The van der Waals surface area contributed by atoms with Gasteiger partial charge in [-0.25, -0.2) is 4.79 Å². The van der Waals surface area contributed by atoms with Gasteiger partial charge in [-0.1, -0.05) is 140 Å². The van der Waals surface area contributed by atoms with Gasteiger partial charge in [0, 0.05) is 18.5 Å². The number of rotatable bonds is 10. The Balaban J connectivity index is 1.29. The molecule has 0 aliphatic rings. The lowest BCUT2D eigenvalue weighted by atomic mass is 9.77. The minimum absolute atomic E-state index is 0.367. The smallest absolute Gasteiger partial charge is 0.341 e. The Bertz CT molecular complexity index is 2090. The van der Waals surface area contributed by atoms with Crippen LogP contribution in [0.4, 0.5) is 0 Å². The second-order valence-electron chi connectivity index (χ2n) is 11.8. The van der Waals surface area contributed by atoms with E-state index in [9.17, 15) is 4.79 Å². The van der Waals surface area contributed by atoms with Crippen LogP contribution in [0.5, 0.6) is 0 Å². The van der Waals surface area contributed by atoms with Crippen molar-refractivity contribution in [3.8, 4) is 22.5 Å². The number of carbonyl (C=O) groups is 1. The second-order valence-corrected chi connectivity index (χ2v) is 11.8. The summed E-state index contributed by atoms with van der Waals surface area (Å²) < 4.78 is 6.95. The Hall–Kier alpha value is -6.15. The van der Waals surface area contributed by atoms with Crippen LogP contribution in [0.1, 0.15) is 50.9 Å². The van der Waals surface area contributed by atoms with E-state index < -0.39 is 5.54 Å². The number of carbonyl (C=O) groups excluding carboxylic acids is 1. The first kappa shape index (κ1) is 31.4. The van der Waals surface area contributed by atoms with Gasteiger partial charge in [-0.05, 0) is 52.4 Å². The molecule has 0 atom stereocenters. The van der Waals surface area contributed by atoms with Crippen LogP contribution < -0.4 is 0 Å². The fraction of sp³-hybridized carbons (Fsp3) is 0.146. The van der Waals surface area contributed by atoms with Crippen LogP contribution in [0.3, 0.4) is 0 Å². The van der Waals surface area contributed by atoms with Crippen molar-refractivity contribution in [2.75, 3.05) is 7.11 Å². The van der Waals surface area contributed by atoms with Crippen molar-refractivity contribution in [2.45, 2.75) is 32.4 Å². The number of hydrogen-bond acceptors (Lipinski definition) is 6. The van der Waals surface area contributed by atoms with E-state index in [0.717, 1.165) is 44.6 Å². The normalized spacial score (nSPS) is 11.4. The molecule has 0 unspecified atom stereocenters. The third-order valence-corrected chi connectivity index (χ3v) is 9.01. The third kappa shape index (κ3) is 5.71. The monoisotopic (exact) mass is 644 g/mol. The summed E-state index contributed by atoms with van der Waals surface area (Å²) in [6.45, 7) is 4.52. The van der Waals surface area contributed by atoms with Crippen molar-refractivity contribution in [3.05, 3.63) is 179 Å². The number of esters is 1. The van der Waals surface area contributed by atoms with Gasteiger partial charge in [0.1, 0.15) is 5.56 Å². The lowest BCUT2D eigenvalue weighted by Crippen LogP contribution is -2.39. The van der Waals surface area contributed by atoms with E-state index in [1.54, 1.807) is 4.80 Å². The highest BCUT2D eigenvalue weighted by atomic mass is 16.5. The number of nitrogens with zero attached hydrogens (tertiary/aromatic N) is 6. The van der Waals surface area contributed by atoms with Crippen LogP contribution in [0, 0.1) is 6.92 Å². The summed E-state index contributed by atoms with van der Waals surface area (Å²) >= 11 is 0. The van der Waals surface area contributed by atoms with Crippen molar-refractivity contribution < 1.29 is 9.53 Å². The molecule has 2 heterocycles. The maximum Gasteiger partial charge on any atom is 0.341 e. The summed E-state index contributed by atoms with van der Waals surface area (Å²) in [7, 11) is 1.40. The lowest BCUT2D eigenvalue weighted by molar-refractivity contribution is 0.0598. The van der Waals surface area contributed by atoms with Gasteiger partial charge in [0.2, 0.25) is 5.82 Å². The molecule has 0 aliphatic heterocycles. The zero-order chi connectivity index (χ0) is 33.8. The first-order valence-corrected chi connectivity index (χ1v) is 16.3. The zero-order valence-corrected chi connectivity index (χ0v) is 27.7. The molecule has 8 heteroatoms. The molecular weight excluding hydrogens is 608 g/mol. The van der Waals surface area contributed by atoms with Crippen LogP contribution >= 0.6 is 0 Å². The molecule has 0 aliphatic carbocycles. The van der Waals surface area contributed by atoms with Gasteiger partial charge in [-0.15, -0.1) is 15.0 Å². The number of aromatic nitrogens is 6. The standard InChI is InChI=1S/C41H36N6O2/c1-4-46-37(38(29(2)43-46)40(48)49-3)28-30-24-26-31(27-25-30)35-22-14-15-23-36(35)39-42-45-47(44-39)41(32-16-8-5-9-17-32,33-18-10-6-11-19-33)34-20-12-7-13-21-34/h5-27H,4,28H2,1-3H3. The highest BCUT2D eigenvalue weighted by Gasteiger charge is 2.41. The largest absolute Gasteiger partial charge is 0.465 e. The second kappa shape index (κ2) is 13.5. The van der Waals surface area contributed by atoms with Gasteiger partial charge in [-0.3, -0.25) is 4.68 Å². The van der Waals surface area contributed by atoms with Crippen molar-refractivity contribution >= 4 is 5.97 Å².